The Bertz CT molecular complexity index is 415. The number of nitrogens with zero attached hydrogens (tertiary/aromatic N) is 1. The van der Waals surface area contributed by atoms with Crippen molar-refractivity contribution in [3.63, 3.8) is 0 Å². The normalized spacial score (nSPS) is 13.1. The van der Waals surface area contributed by atoms with Crippen LogP contribution in [0.25, 0.3) is 11.0 Å². The first-order valence-electron chi connectivity index (χ1n) is 5.87. The maximum absolute atomic E-state index is 9.14. The van der Waals surface area contributed by atoms with Gasteiger partial charge < -0.3 is 10.1 Å². The van der Waals surface area contributed by atoms with E-state index in [2.05, 4.69) is 9.97 Å². The van der Waals surface area contributed by atoms with Crippen LogP contribution in [0, 0.1) is 0 Å². The third kappa shape index (κ3) is 2.83. The van der Waals surface area contributed by atoms with Gasteiger partial charge in [-0.25, -0.2) is 4.98 Å². The number of hydrogen-bond donors (Lipinski definition) is 2. The second-order valence-corrected chi connectivity index (χ2v) is 4.30. The van der Waals surface area contributed by atoms with Crippen LogP contribution >= 0.6 is 0 Å². The fourth-order valence-corrected chi connectivity index (χ4v) is 1.86. The molecule has 2 N–H and O–H groups in total. The van der Waals surface area contributed by atoms with Crippen LogP contribution < -0.4 is 0 Å². The number of hydrogen-bond acceptors (Lipinski definition) is 2. The van der Waals surface area contributed by atoms with E-state index in [-0.39, 0.29) is 6.10 Å². The molecule has 0 aliphatic heterocycles. The lowest BCUT2D eigenvalue weighted by molar-refractivity contribution is 0.180. The summed E-state index contributed by atoms with van der Waals surface area (Å²) in [6, 6.07) is 8.07. The SMILES string of the molecule is C[C@@H](O)CCCCc1nc2ccccc2[nH]1. The number of aromatic amines is 1. The topological polar surface area (TPSA) is 48.9 Å². The highest BCUT2D eigenvalue weighted by Gasteiger charge is 2.02. The van der Waals surface area contributed by atoms with Crippen LogP contribution in [-0.4, -0.2) is 21.2 Å². The van der Waals surface area contributed by atoms with Crippen molar-refractivity contribution in [2.75, 3.05) is 0 Å². The van der Waals surface area contributed by atoms with Crippen LogP contribution in [0.3, 0.4) is 0 Å². The molecule has 16 heavy (non-hydrogen) atoms. The Morgan fingerprint density at radius 3 is 2.88 bits per heavy atom. The molecule has 0 unspecified atom stereocenters. The third-order valence-corrected chi connectivity index (χ3v) is 2.72. The number of benzene rings is 1. The molecule has 2 aromatic rings. The van der Waals surface area contributed by atoms with Crippen molar-refractivity contribution in [1.82, 2.24) is 9.97 Å². The Balaban J connectivity index is 1.89. The standard InChI is InChI=1S/C13H18N2O/c1-10(16)6-2-5-9-13-14-11-7-3-4-8-12(11)15-13/h3-4,7-8,10,16H,2,5-6,9H2,1H3,(H,14,15)/t10-/m1/s1. The number of aromatic nitrogens is 2. The molecule has 0 aliphatic carbocycles. The summed E-state index contributed by atoms with van der Waals surface area (Å²) in [5.74, 6) is 1.05. The molecule has 0 saturated carbocycles. The molecule has 2 rings (SSSR count). The summed E-state index contributed by atoms with van der Waals surface area (Å²) in [5, 5.41) is 9.14. The van der Waals surface area contributed by atoms with E-state index < -0.39 is 0 Å². The molecule has 0 saturated heterocycles. The van der Waals surface area contributed by atoms with Crippen molar-refractivity contribution in [1.29, 1.82) is 0 Å². The molecule has 0 bridgehead atoms. The van der Waals surface area contributed by atoms with Crippen LogP contribution in [0.1, 0.15) is 32.0 Å². The second kappa shape index (κ2) is 5.12. The average Bonchev–Trinajstić information content (AvgIpc) is 2.66. The van der Waals surface area contributed by atoms with Gasteiger partial charge in [0.05, 0.1) is 17.1 Å². The minimum Gasteiger partial charge on any atom is -0.393 e. The van der Waals surface area contributed by atoms with E-state index in [4.69, 9.17) is 5.11 Å². The van der Waals surface area contributed by atoms with Gasteiger partial charge in [-0.05, 0) is 31.9 Å². The molecular weight excluding hydrogens is 200 g/mol. The van der Waals surface area contributed by atoms with Crippen LogP contribution in [0.5, 0.6) is 0 Å². The molecule has 3 heteroatoms. The molecule has 1 aromatic carbocycles. The van der Waals surface area contributed by atoms with Gasteiger partial charge in [0.2, 0.25) is 0 Å². The Morgan fingerprint density at radius 1 is 1.31 bits per heavy atom. The van der Waals surface area contributed by atoms with Gasteiger partial charge in [0.15, 0.2) is 0 Å². The first-order chi connectivity index (χ1) is 7.75. The predicted octanol–water partition coefficient (Wildman–Crippen LogP) is 2.66. The average molecular weight is 218 g/mol. The summed E-state index contributed by atoms with van der Waals surface area (Å²) in [6.45, 7) is 1.83. The van der Waals surface area contributed by atoms with E-state index in [1.165, 1.54) is 0 Å². The van der Waals surface area contributed by atoms with Crippen molar-refractivity contribution in [2.45, 2.75) is 38.7 Å². The van der Waals surface area contributed by atoms with Crippen LogP contribution in [0.15, 0.2) is 24.3 Å². The molecule has 0 amide bonds. The molecule has 3 nitrogen and oxygen atoms in total. The zero-order valence-electron chi connectivity index (χ0n) is 9.61. The Hall–Kier alpha value is -1.35. The summed E-state index contributed by atoms with van der Waals surface area (Å²) in [6.07, 6.45) is 3.77. The zero-order valence-corrected chi connectivity index (χ0v) is 9.61. The maximum Gasteiger partial charge on any atom is 0.107 e. The minimum atomic E-state index is -0.185. The van der Waals surface area contributed by atoms with Crippen LogP contribution in [0.4, 0.5) is 0 Å². The van der Waals surface area contributed by atoms with Gasteiger partial charge >= 0.3 is 0 Å². The van der Waals surface area contributed by atoms with Gasteiger partial charge in [0, 0.05) is 6.42 Å². The van der Waals surface area contributed by atoms with Gasteiger partial charge in [-0.2, -0.15) is 0 Å². The number of nitrogens with one attached hydrogen (secondary N) is 1. The van der Waals surface area contributed by atoms with E-state index in [0.29, 0.717) is 0 Å². The second-order valence-electron chi connectivity index (χ2n) is 4.30. The molecule has 1 aromatic heterocycles. The quantitative estimate of drug-likeness (QED) is 0.758. The van der Waals surface area contributed by atoms with E-state index in [9.17, 15) is 0 Å². The Kier molecular flexibility index (Phi) is 3.57. The Morgan fingerprint density at radius 2 is 2.12 bits per heavy atom. The van der Waals surface area contributed by atoms with Crippen molar-refractivity contribution in [3.8, 4) is 0 Å². The predicted molar refractivity (Wildman–Crippen MR) is 65.3 cm³/mol. The lowest BCUT2D eigenvalue weighted by atomic mass is 10.1. The third-order valence-electron chi connectivity index (χ3n) is 2.72. The number of para-hydroxylation sites is 2. The van der Waals surface area contributed by atoms with Crippen molar-refractivity contribution < 1.29 is 5.11 Å². The fourth-order valence-electron chi connectivity index (χ4n) is 1.86. The molecule has 1 heterocycles. The summed E-state index contributed by atoms with van der Waals surface area (Å²) in [7, 11) is 0. The van der Waals surface area contributed by atoms with E-state index in [1.807, 2.05) is 31.2 Å². The van der Waals surface area contributed by atoms with Gasteiger partial charge in [0.25, 0.3) is 0 Å². The summed E-state index contributed by atoms with van der Waals surface area (Å²) in [5.41, 5.74) is 2.14. The number of rotatable bonds is 5. The lowest BCUT2D eigenvalue weighted by Gasteiger charge is -2.01. The highest BCUT2D eigenvalue weighted by Crippen LogP contribution is 2.12. The van der Waals surface area contributed by atoms with E-state index in [1.54, 1.807) is 0 Å². The molecule has 0 radical (unpaired) electrons. The number of imidazole rings is 1. The number of fused-ring (bicyclic) bond motifs is 1. The van der Waals surface area contributed by atoms with E-state index >= 15 is 0 Å². The van der Waals surface area contributed by atoms with E-state index in [0.717, 1.165) is 42.5 Å². The summed E-state index contributed by atoms with van der Waals surface area (Å²) < 4.78 is 0. The summed E-state index contributed by atoms with van der Waals surface area (Å²) >= 11 is 0. The smallest absolute Gasteiger partial charge is 0.107 e. The van der Waals surface area contributed by atoms with Crippen LogP contribution in [0.2, 0.25) is 0 Å². The maximum atomic E-state index is 9.14. The first-order valence-corrected chi connectivity index (χ1v) is 5.87. The number of aliphatic hydroxyl groups is 1. The monoisotopic (exact) mass is 218 g/mol. The first kappa shape index (κ1) is 11.1. The molecule has 0 spiro atoms. The molecule has 0 fully saturated rings. The largest absolute Gasteiger partial charge is 0.393 e. The van der Waals surface area contributed by atoms with Gasteiger partial charge in [-0.1, -0.05) is 18.6 Å². The summed E-state index contributed by atoms with van der Waals surface area (Å²) in [4.78, 5) is 7.82. The highest BCUT2D eigenvalue weighted by molar-refractivity contribution is 5.74. The molecule has 86 valence electrons. The number of unbranched alkanes of at least 4 members (excludes halogenated alkanes) is 1. The molecule has 0 aliphatic rings. The Labute approximate surface area is 95.5 Å². The van der Waals surface area contributed by atoms with Gasteiger partial charge in [-0.15, -0.1) is 0 Å². The fraction of sp³-hybridized carbons (Fsp3) is 0.462. The number of H-pyrrole nitrogens is 1. The van der Waals surface area contributed by atoms with Crippen molar-refractivity contribution in [2.24, 2.45) is 0 Å². The number of aryl methyl sites for hydroxylation is 1. The molecule has 1 atom stereocenters. The van der Waals surface area contributed by atoms with Crippen LogP contribution in [-0.2, 0) is 6.42 Å². The highest BCUT2D eigenvalue weighted by atomic mass is 16.3. The zero-order chi connectivity index (χ0) is 11.4. The lowest BCUT2D eigenvalue weighted by Crippen LogP contribution is -1.99. The number of aliphatic hydroxyl groups excluding tert-OH is 1. The van der Waals surface area contributed by atoms with Gasteiger partial charge in [0.1, 0.15) is 5.82 Å². The van der Waals surface area contributed by atoms with Crippen molar-refractivity contribution >= 4 is 11.0 Å². The van der Waals surface area contributed by atoms with Gasteiger partial charge in [-0.3, -0.25) is 0 Å². The van der Waals surface area contributed by atoms with Crippen molar-refractivity contribution in [3.05, 3.63) is 30.1 Å². The molecular formula is C13H18N2O. The minimum absolute atomic E-state index is 0.185.